The van der Waals surface area contributed by atoms with Crippen molar-refractivity contribution in [1.29, 1.82) is 0 Å². The quantitative estimate of drug-likeness (QED) is 0.627. The molecule has 2 rings (SSSR count). The fourth-order valence-electron chi connectivity index (χ4n) is 1.53. The Balaban J connectivity index is 2.19. The van der Waals surface area contributed by atoms with Crippen molar-refractivity contribution in [2.45, 2.75) is 13.2 Å². The van der Waals surface area contributed by atoms with Crippen LogP contribution in [-0.2, 0) is 6.61 Å². The first kappa shape index (κ1) is 14.2. The van der Waals surface area contributed by atoms with Crippen LogP contribution in [0.25, 0.3) is 0 Å². The van der Waals surface area contributed by atoms with Crippen LogP contribution in [0.4, 0.5) is 14.5 Å². The van der Waals surface area contributed by atoms with E-state index in [2.05, 4.69) is 4.98 Å². The molecular weight excluding hydrogens is 296 g/mol. The minimum Gasteiger partial charge on any atom is -0.479 e. The highest BCUT2D eigenvalue weighted by atomic mass is 35.5. The van der Waals surface area contributed by atoms with Crippen LogP contribution in [0.1, 0.15) is 12.4 Å². The molecule has 0 aliphatic rings. The van der Waals surface area contributed by atoms with Crippen molar-refractivity contribution >= 4 is 17.3 Å². The summed E-state index contributed by atoms with van der Waals surface area (Å²) in [6, 6.07) is 3.83. The van der Waals surface area contributed by atoms with Crippen molar-refractivity contribution in [3.05, 3.63) is 51.6 Å². The van der Waals surface area contributed by atoms with Gasteiger partial charge in [0, 0.05) is 23.5 Å². The van der Waals surface area contributed by atoms with Crippen molar-refractivity contribution in [1.82, 2.24) is 9.55 Å². The highest BCUT2D eigenvalue weighted by molar-refractivity contribution is 6.30. The molecule has 9 heteroatoms. The van der Waals surface area contributed by atoms with E-state index in [1.54, 1.807) is 0 Å². The predicted octanol–water partition coefficient (Wildman–Crippen LogP) is 3.42. The van der Waals surface area contributed by atoms with E-state index in [0.717, 1.165) is 12.3 Å². The van der Waals surface area contributed by atoms with E-state index in [-0.39, 0.29) is 28.9 Å². The third-order valence-corrected chi connectivity index (χ3v) is 2.67. The van der Waals surface area contributed by atoms with E-state index in [9.17, 15) is 18.9 Å². The van der Waals surface area contributed by atoms with Crippen molar-refractivity contribution in [3.63, 3.8) is 0 Å². The molecule has 0 spiro atoms. The molecule has 20 heavy (non-hydrogen) atoms. The summed E-state index contributed by atoms with van der Waals surface area (Å²) in [5.74, 6) is -0.104. The van der Waals surface area contributed by atoms with E-state index in [4.69, 9.17) is 16.3 Å². The van der Waals surface area contributed by atoms with Gasteiger partial charge in [0.1, 0.15) is 6.61 Å². The average Bonchev–Trinajstić information content (AvgIpc) is 2.85. The third-order valence-electron chi connectivity index (χ3n) is 2.43. The number of rotatable bonds is 5. The topological polar surface area (TPSA) is 70.2 Å². The fourth-order valence-corrected chi connectivity index (χ4v) is 1.70. The summed E-state index contributed by atoms with van der Waals surface area (Å²) >= 11 is 5.65. The lowest BCUT2D eigenvalue weighted by molar-refractivity contribution is -0.385. The molecule has 0 fully saturated rings. The van der Waals surface area contributed by atoms with Crippen LogP contribution >= 0.6 is 11.6 Å². The van der Waals surface area contributed by atoms with Gasteiger partial charge in [0.25, 0.3) is 0 Å². The highest BCUT2D eigenvalue weighted by Crippen LogP contribution is 2.30. The number of halogens is 3. The van der Waals surface area contributed by atoms with Gasteiger partial charge in [0.05, 0.1) is 4.92 Å². The highest BCUT2D eigenvalue weighted by Gasteiger charge is 2.17. The Morgan fingerprint density at radius 3 is 2.90 bits per heavy atom. The number of ether oxygens (including phenoxy) is 1. The molecule has 0 radical (unpaired) electrons. The number of aromatic nitrogens is 2. The Hall–Kier alpha value is -2.22. The zero-order chi connectivity index (χ0) is 14.7. The lowest BCUT2D eigenvalue weighted by atomic mass is 10.3. The van der Waals surface area contributed by atoms with Gasteiger partial charge in [-0.3, -0.25) is 14.7 Å². The molecule has 0 aliphatic heterocycles. The first-order chi connectivity index (χ1) is 9.49. The Morgan fingerprint density at radius 2 is 2.25 bits per heavy atom. The molecule has 6 nitrogen and oxygen atoms in total. The second-order valence-corrected chi connectivity index (χ2v) is 4.12. The normalized spacial score (nSPS) is 10.8. The SMILES string of the molecule is O=[N+]([O-])c1cc(Cl)ccc1OCc1nccn1C(F)F. The van der Waals surface area contributed by atoms with Crippen molar-refractivity contribution in [2.24, 2.45) is 0 Å². The molecule has 2 aromatic rings. The van der Waals surface area contributed by atoms with Crippen LogP contribution in [-0.4, -0.2) is 14.5 Å². The molecule has 0 saturated heterocycles. The summed E-state index contributed by atoms with van der Waals surface area (Å²) in [6.07, 6.45) is 2.29. The van der Waals surface area contributed by atoms with Gasteiger partial charge in [-0.15, -0.1) is 0 Å². The monoisotopic (exact) mass is 303 g/mol. The van der Waals surface area contributed by atoms with E-state index in [1.807, 2.05) is 0 Å². The molecule has 1 aromatic carbocycles. The van der Waals surface area contributed by atoms with Crippen LogP contribution in [0.3, 0.4) is 0 Å². The maximum Gasteiger partial charge on any atom is 0.320 e. The van der Waals surface area contributed by atoms with Gasteiger partial charge in [-0.05, 0) is 12.1 Å². The minimum atomic E-state index is -2.75. The van der Waals surface area contributed by atoms with Crippen LogP contribution in [0.5, 0.6) is 5.75 Å². The first-order valence-electron chi connectivity index (χ1n) is 5.35. The number of nitro benzene ring substituents is 1. The summed E-state index contributed by atoms with van der Waals surface area (Å²) in [7, 11) is 0. The van der Waals surface area contributed by atoms with Crippen molar-refractivity contribution in [2.75, 3.05) is 0 Å². The molecule has 0 atom stereocenters. The Bertz CT molecular complexity index is 633. The molecule has 1 aromatic heterocycles. The molecule has 0 unspecified atom stereocenters. The zero-order valence-corrected chi connectivity index (χ0v) is 10.6. The zero-order valence-electron chi connectivity index (χ0n) is 9.87. The summed E-state index contributed by atoms with van der Waals surface area (Å²) in [6.45, 7) is -3.07. The molecular formula is C11H8ClF2N3O3. The van der Waals surface area contributed by atoms with Gasteiger partial charge in [0.15, 0.2) is 11.6 Å². The van der Waals surface area contributed by atoms with E-state index >= 15 is 0 Å². The van der Waals surface area contributed by atoms with Gasteiger partial charge < -0.3 is 4.74 Å². The van der Waals surface area contributed by atoms with Crippen molar-refractivity contribution in [3.8, 4) is 5.75 Å². The summed E-state index contributed by atoms with van der Waals surface area (Å²) < 4.78 is 31.0. The maximum absolute atomic E-state index is 12.6. The lowest BCUT2D eigenvalue weighted by Gasteiger charge is -2.08. The van der Waals surface area contributed by atoms with Gasteiger partial charge >= 0.3 is 12.2 Å². The van der Waals surface area contributed by atoms with Crippen molar-refractivity contribution < 1.29 is 18.4 Å². The molecule has 1 heterocycles. The van der Waals surface area contributed by atoms with Crippen LogP contribution in [0, 0.1) is 10.1 Å². The van der Waals surface area contributed by atoms with Crippen LogP contribution < -0.4 is 4.74 Å². The summed E-state index contributed by atoms with van der Waals surface area (Å²) in [5, 5.41) is 11.0. The number of hydrogen-bond acceptors (Lipinski definition) is 4. The van der Waals surface area contributed by atoms with Gasteiger partial charge in [-0.1, -0.05) is 11.6 Å². The van der Waals surface area contributed by atoms with Crippen LogP contribution in [0.2, 0.25) is 5.02 Å². The number of alkyl halides is 2. The van der Waals surface area contributed by atoms with Crippen LogP contribution in [0.15, 0.2) is 30.6 Å². The average molecular weight is 304 g/mol. The Labute approximate surface area is 116 Å². The Morgan fingerprint density at radius 1 is 1.50 bits per heavy atom. The number of nitro groups is 1. The largest absolute Gasteiger partial charge is 0.479 e. The minimum absolute atomic E-state index is 0.0377. The molecule has 0 saturated carbocycles. The first-order valence-corrected chi connectivity index (χ1v) is 5.73. The number of benzene rings is 1. The standard InChI is InChI=1S/C11H8ClF2N3O3/c12-7-1-2-9(8(5-7)17(18)19)20-6-10-15-3-4-16(10)11(13)14/h1-5,11H,6H2. The molecule has 0 amide bonds. The second kappa shape index (κ2) is 5.83. The second-order valence-electron chi connectivity index (χ2n) is 3.69. The maximum atomic E-state index is 12.6. The van der Waals surface area contributed by atoms with E-state index in [0.29, 0.717) is 4.57 Å². The fraction of sp³-hybridized carbons (Fsp3) is 0.182. The number of imidazole rings is 1. The van der Waals surface area contributed by atoms with Gasteiger partial charge in [-0.2, -0.15) is 8.78 Å². The molecule has 0 aliphatic carbocycles. The third kappa shape index (κ3) is 3.02. The summed E-state index contributed by atoms with van der Waals surface area (Å²) in [4.78, 5) is 13.9. The van der Waals surface area contributed by atoms with E-state index in [1.165, 1.54) is 18.3 Å². The molecule has 106 valence electrons. The summed E-state index contributed by atoms with van der Waals surface area (Å²) in [5.41, 5.74) is -0.340. The predicted molar refractivity (Wildman–Crippen MR) is 65.9 cm³/mol. The number of nitrogens with zero attached hydrogens (tertiary/aromatic N) is 3. The molecule has 0 bridgehead atoms. The number of hydrogen-bond donors (Lipinski definition) is 0. The van der Waals surface area contributed by atoms with Gasteiger partial charge in [0.2, 0.25) is 0 Å². The van der Waals surface area contributed by atoms with Gasteiger partial charge in [-0.25, -0.2) is 4.98 Å². The smallest absolute Gasteiger partial charge is 0.320 e. The lowest BCUT2D eigenvalue weighted by Crippen LogP contribution is -2.08. The Kier molecular flexibility index (Phi) is 4.14. The molecule has 0 N–H and O–H groups in total. The van der Waals surface area contributed by atoms with E-state index < -0.39 is 11.5 Å².